The Balaban J connectivity index is 2.18. The number of ether oxygens (including phenoxy) is 3. The highest BCUT2D eigenvalue weighted by Gasteiger charge is 2.08. The van der Waals surface area contributed by atoms with Crippen molar-refractivity contribution in [3.05, 3.63) is 83.8 Å². The first-order valence-electron chi connectivity index (χ1n) is 8.65. The van der Waals surface area contributed by atoms with Crippen LogP contribution in [0.1, 0.15) is 35.3 Å². The lowest BCUT2D eigenvalue weighted by Crippen LogP contribution is -1.95. The van der Waals surface area contributed by atoms with Gasteiger partial charge in [0.1, 0.15) is 17.2 Å². The normalized spacial score (nSPS) is 11.4. The number of methoxy groups -OCH3 is 1. The van der Waals surface area contributed by atoms with E-state index in [1.54, 1.807) is 56.1 Å². The van der Waals surface area contributed by atoms with Gasteiger partial charge >= 0.3 is 0 Å². The SMILES string of the molecule is C/C=C/Oc1ccc(C(=O)/C=C/c2cc(C)c(O/C=C/C)cc2OC)cc1. The number of allylic oxidation sites excluding steroid dienone is 3. The molecule has 0 radical (unpaired) electrons. The van der Waals surface area contributed by atoms with E-state index in [1.807, 2.05) is 39.0 Å². The minimum Gasteiger partial charge on any atom is -0.496 e. The van der Waals surface area contributed by atoms with Crippen LogP contribution in [-0.2, 0) is 0 Å². The van der Waals surface area contributed by atoms with E-state index in [0.29, 0.717) is 22.8 Å². The van der Waals surface area contributed by atoms with Gasteiger partial charge in [-0.2, -0.15) is 0 Å². The third kappa shape index (κ3) is 5.61. The summed E-state index contributed by atoms with van der Waals surface area (Å²) in [7, 11) is 1.59. The van der Waals surface area contributed by atoms with E-state index in [0.717, 1.165) is 11.1 Å². The van der Waals surface area contributed by atoms with Gasteiger partial charge in [-0.3, -0.25) is 4.79 Å². The lowest BCUT2D eigenvalue weighted by Gasteiger charge is -2.10. The van der Waals surface area contributed by atoms with Gasteiger partial charge < -0.3 is 14.2 Å². The molecule has 0 aliphatic carbocycles. The van der Waals surface area contributed by atoms with Gasteiger partial charge in [-0.05, 0) is 68.8 Å². The number of benzene rings is 2. The highest BCUT2D eigenvalue weighted by molar-refractivity contribution is 6.07. The molecule has 0 aliphatic heterocycles. The van der Waals surface area contributed by atoms with E-state index >= 15 is 0 Å². The van der Waals surface area contributed by atoms with Crippen molar-refractivity contribution in [3.8, 4) is 17.2 Å². The van der Waals surface area contributed by atoms with Gasteiger partial charge in [-0.1, -0.05) is 12.2 Å². The monoisotopic (exact) mass is 364 g/mol. The summed E-state index contributed by atoms with van der Waals surface area (Å²) in [6, 6.07) is 10.7. The maximum Gasteiger partial charge on any atom is 0.185 e. The predicted octanol–water partition coefficient (Wildman–Crippen LogP) is 5.72. The van der Waals surface area contributed by atoms with E-state index in [-0.39, 0.29) is 5.78 Å². The molecule has 0 aliphatic rings. The lowest BCUT2D eigenvalue weighted by molar-refractivity contribution is 0.104. The Labute approximate surface area is 160 Å². The molecule has 2 rings (SSSR count). The fourth-order valence-electron chi connectivity index (χ4n) is 2.37. The van der Waals surface area contributed by atoms with E-state index in [1.165, 1.54) is 6.08 Å². The van der Waals surface area contributed by atoms with Gasteiger partial charge in [0, 0.05) is 17.2 Å². The average molecular weight is 364 g/mol. The van der Waals surface area contributed by atoms with Crippen molar-refractivity contribution in [2.45, 2.75) is 20.8 Å². The van der Waals surface area contributed by atoms with E-state index in [9.17, 15) is 4.79 Å². The molecular weight excluding hydrogens is 340 g/mol. The summed E-state index contributed by atoms with van der Waals surface area (Å²) >= 11 is 0. The van der Waals surface area contributed by atoms with Crippen molar-refractivity contribution in [2.24, 2.45) is 0 Å². The zero-order valence-electron chi connectivity index (χ0n) is 16.1. The number of aryl methyl sites for hydroxylation is 1. The molecule has 4 nitrogen and oxygen atoms in total. The number of hydrogen-bond donors (Lipinski definition) is 0. The largest absolute Gasteiger partial charge is 0.496 e. The topological polar surface area (TPSA) is 44.8 Å². The van der Waals surface area contributed by atoms with Gasteiger partial charge in [0.25, 0.3) is 0 Å². The molecule has 0 N–H and O–H groups in total. The molecule has 0 heterocycles. The van der Waals surface area contributed by atoms with E-state index in [2.05, 4.69) is 0 Å². The highest BCUT2D eigenvalue weighted by Crippen LogP contribution is 2.30. The van der Waals surface area contributed by atoms with Gasteiger partial charge in [0.15, 0.2) is 5.78 Å². The Bertz CT molecular complexity index is 859. The lowest BCUT2D eigenvalue weighted by atomic mass is 10.1. The molecule has 140 valence electrons. The van der Waals surface area contributed by atoms with Crippen molar-refractivity contribution in [3.63, 3.8) is 0 Å². The second-order valence-electron chi connectivity index (χ2n) is 5.76. The third-order valence-corrected chi connectivity index (χ3v) is 3.75. The second-order valence-corrected chi connectivity index (χ2v) is 5.76. The molecule has 0 spiro atoms. The fraction of sp³-hybridized carbons (Fsp3) is 0.174. The standard InChI is InChI=1S/C23H24O4/c1-5-13-26-20-10-7-18(8-11-20)21(24)12-9-19-15-17(3)22(27-14-6-2)16-23(19)25-4/h5-16H,1-4H3/b12-9+,13-5+,14-6+. The molecule has 0 unspecified atom stereocenters. The molecule has 2 aromatic rings. The number of carbonyl (C=O) groups is 1. The number of ketones is 1. The molecular formula is C23H24O4. The van der Waals surface area contributed by atoms with Crippen LogP contribution in [0.5, 0.6) is 17.2 Å². The molecule has 4 heteroatoms. The number of carbonyl (C=O) groups excluding carboxylic acids is 1. The summed E-state index contributed by atoms with van der Waals surface area (Å²) in [5, 5.41) is 0. The van der Waals surface area contributed by atoms with Crippen LogP contribution in [0.4, 0.5) is 0 Å². The summed E-state index contributed by atoms with van der Waals surface area (Å²) in [5.41, 5.74) is 2.35. The Hall–Kier alpha value is -3.27. The summed E-state index contributed by atoms with van der Waals surface area (Å²) in [5.74, 6) is 1.94. The first-order chi connectivity index (χ1) is 13.1. The van der Waals surface area contributed by atoms with Crippen LogP contribution in [0.3, 0.4) is 0 Å². The van der Waals surface area contributed by atoms with Crippen LogP contribution in [0.25, 0.3) is 6.08 Å². The molecule has 0 atom stereocenters. The Morgan fingerprint density at radius 2 is 1.59 bits per heavy atom. The van der Waals surface area contributed by atoms with Crippen molar-refractivity contribution in [1.29, 1.82) is 0 Å². The van der Waals surface area contributed by atoms with E-state index < -0.39 is 0 Å². The van der Waals surface area contributed by atoms with Crippen LogP contribution in [-0.4, -0.2) is 12.9 Å². The van der Waals surface area contributed by atoms with Crippen molar-refractivity contribution < 1.29 is 19.0 Å². The van der Waals surface area contributed by atoms with Gasteiger partial charge in [0.05, 0.1) is 19.6 Å². The summed E-state index contributed by atoms with van der Waals surface area (Å²) < 4.78 is 16.3. The van der Waals surface area contributed by atoms with Gasteiger partial charge in [-0.15, -0.1) is 0 Å². The molecule has 0 saturated heterocycles. The second kappa shape index (κ2) is 10.0. The first-order valence-corrected chi connectivity index (χ1v) is 8.65. The smallest absolute Gasteiger partial charge is 0.185 e. The van der Waals surface area contributed by atoms with E-state index in [4.69, 9.17) is 14.2 Å². The summed E-state index contributed by atoms with van der Waals surface area (Å²) in [6.07, 6.45) is 10.1. The minimum absolute atomic E-state index is 0.0958. The van der Waals surface area contributed by atoms with Crippen LogP contribution in [0.2, 0.25) is 0 Å². The molecule has 0 saturated carbocycles. The molecule has 0 amide bonds. The summed E-state index contributed by atoms with van der Waals surface area (Å²) in [4.78, 5) is 12.4. The average Bonchev–Trinajstić information content (AvgIpc) is 2.70. The first kappa shape index (κ1) is 20.0. The maximum atomic E-state index is 12.4. The van der Waals surface area contributed by atoms with Gasteiger partial charge in [-0.25, -0.2) is 0 Å². The van der Waals surface area contributed by atoms with Crippen LogP contribution < -0.4 is 14.2 Å². The van der Waals surface area contributed by atoms with Gasteiger partial charge in [0.2, 0.25) is 0 Å². The molecule has 27 heavy (non-hydrogen) atoms. The van der Waals surface area contributed by atoms with Crippen molar-refractivity contribution in [2.75, 3.05) is 7.11 Å². The Kier molecular flexibility index (Phi) is 7.44. The Morgan fingerprint density at radius 3 is 2.22 bits per heavy atom. The number of hydrogen-bond acceptors (Lipinski definition) is 4. The maximum absolute atomic E-state index is 12.4. The Morgan fingerprint density at radius 1 is 0.926 bits per heavy atom. The predicted molar refractivity (Wildman–Crippen MR) is 108 cm³/mol. The van der Waals surface area contributed by atoms with Crippen molar-refractivity contribution >= 4 is 11.9 Å². The molecule has 0 aromatic heterocycles. The summed E-state index contributed by atoms with van der Waals surface area (Å²) in [6.45, 7) is 5.70. The third-order valence-electron chi connectivity index (χ3n) is 3.75. The van der Waals surface area contributed by atoms with Crippen LogP contribution >= 0.6 is 0 Å². The fourth-order valence-corrected chi connectivity index (χ4v) is 2.37. The highest BCUT2D eigenvalue weighted by atomic mass is 16.5. The zero-order valence-corrected chi connectivity index (χ0v) is 16.1. The molecule has 0 bridgehead atoms. The molecule has 2 aromatic carbocycles. The van der Waals surface area contributed by atoms with Crippen LogP contribution in [0.15, 0.2) is 67.2 Å². The minimum atomic E-state index is -0.0958. The van der Waals surface area contributed by atoms with Crippen molar-refractivity contribution in [1.82, 2.24) is 0 Å². The number of rotatable bonds is 8. The molecule has 0 fully saturated rings. The van der Waals surface area contributed by atoms with Crippen LogP contribution in [0, 0.1) is 6.92 Å². The quantitative estimate of drug-likeness (QED) is 0.341. The zero-order chi connectivity index (χ0) is 19.6.